The van der Waals surface area contributed by atoms with Crippen LogP contribution >= 0.6 is 7.82 Å². The van der Waals surface area contributed by atoms with Gasteiger partial charge in [0.05, 0.1) is 27.7 Å². The van der Waals surface area contributed by atoms with E-state index in [0.717, 1.165) is 70.6 Å². The van der Waals surface area contributed by atoms with Crippen molar-refractivity contribution in [2.24, 2.45) is 0 Å². The first-order valence-corrected chi connectivity index (χ1v) is 20.7. The lowest BCUT2D eigenvalue weighted by Crippen LogP contribution is -2.37. The zero-order valence-electron chi connectivity index (χ0n) is 31.9. The van der Waals surface area contributed by atoms with Gasteiger partial charge in [-0.1, -0.05) is 127 Å². The van der Waals surface area contributed by atoms with Gasteiger partial charge in [0, 0.05) is 12.8 Å². The van der Waals surface area contributed by atoms with Crippen molar-refractivity contribution < 1.29 is 42.1 Å². The van der Waals surface area contributed by atoms with Crippen LogP contribution in [0, 0.1) is 0 Å². The number of carbonyl (C=O) groups is 2. The fraction of sp³-hybridized carbons (Fsp3) is 0.795. The van der Waals surface area contributed by atoms with E-state index in [1.54, 1.807) is 0 Å². The molecule has 0 rings (SSSR count). The van der Waals surface area contributed by atoms with Crippen LogP contribution < -0.4 is 4.89 Å². The number of esters is 2. The van der Waals surface area contributed by atoms with Crippen LogP contribution in [0.15, 0.2) is 36.5 Å². The maximum atomic E-state index is 12.6. The van der Waals surface area contributed by atoms with Gasteiger partial charge in [-0.05, 0) is 44.9 Å². The fourth-order valence-corrected chi connectivity index (χ4v) is 5.63. The van der Waals surface area contributed by atoms with Gasteiger partial charge in [-0.15, -0.1) is 0 Å². The van der Waals surface area contributed by atoms with Crippen LogP contribution in [-0.4, -0.2) is 70.0 Å². The molecule has 10 heteroatoms. The summed E-state index contributed by atoms with van der Waals surface area (Å²) >= 11 is 0. The summed E-state index contributed by atoms with van der Waals surface area (Å²) in [7, 11) is 1.15. The highest BCUT2D eigenvalue weighted by molar-refractivity contribution is 7.45. The Balaban J connectivity index is 4.46. The number of phosphoric acid groups is 1. The molecule has 0 aromatic heterocycles. The number of likely N-dealkylation sites (N-methyl/N-ethyl adjacent to an activating group) is 1. The van der Waals surface area contributed by atoms with Gasteiger partial charge in [0.1, 0.15) is 19.8 Å². The highest BCUT2D eigenvalue weighted by Gasteiger charge is 2.21. The zero-order valence-corrected chi connectivity index (χ0v) is 32.8. The van der Waals surface area contributed by atoms with Crippen LogP contribution in [0.4, 0.5) is 0 Å². The quantitative estimate of drug-likeness (QED) is 0.0213. The summed E-state index contributed by atoms with van der Waals surface area (Å²) in [5.41, 5.74) is 0. The minimum absolute atomic E-state index is 0.0343. The molecule has 0 fully saturated rings. The second-order valence-corrected chi connectivity index (χ2v) is 15.3. The fourth-order valence-electron chi connectivity index (χ4n) is 4.90. The first-order chi connectivity index (χ1) is 23.5. The van der Waals surface area contributed by atoms with Crippen LogP contribution in [0.25, 0.3) is 0 Å². The number of quaternary nitrogens is 1. The van der Waals surface area contributed by atoms with E-state index >= 15 is 0 Å². The molecule has 0 saturated carbocycles. The summed E-state index contributed by atoms with van der Waals surface area (Å²) in [5.74, 6) is -0.858. The molecule has 0 amide bonds. The minimum Gasteiger partial charge on any atom is -0.756 e. The lowest BCUT2D eigenvalue weighted by atomic mass is 10.1. The maximum absolute atomic E-state index is 12.6. The predicted octanol–water partition coefficient (Wildman–Crippen LogP) is 9.55. The summed E-state index contributed by atoms with van der Waals surface area (Å²) in [6.07, 6.45) is 33.1. The largest absolute Gasteiger partial charge is 0.756 e. The van der Waals surface area contributed by atoms with Gasteiger partial charge < -0.3 is 27.9 Å². The lowest BCUT2D eigenvalue weighted by Gasteiger charge is -2.28. The molecule has 0 bridgehead atoms. The van der Waals surface area contributed by atoms with Gasteiger partial charge in [0.2, 0.25) is 0 Å². The molecular formula is C39H72NO8P. The number of rotatable bonds is 34. The van der Waals surface area contributed by atoms with Crippen molar-refractivity contribution in [2.75, 3.05) is 47.5 Å². The molecule has 0 aromatic rings. The van der Waals surface area contributed by atoms with Crippen molar-refractivity contribution in [3.8, 4) is 0 Å². The van der Waals surface area contributed by atoms with E-state index in [9.17, 15) is 19.0 Å². The third kappa shape index (κ3) is 35.8. The molecule has 0 radical (unpaired) electrons. The summed E-state index contributed by atoms with van der Waals surface area (Å²) in [5, 5.41) is 0. The Bertz CT molecular complexity index is 944. The van der Waals surface area contributed by atoms with Crippen molar-refractivity contribution in [3.05, 3.63) is 36.5 Å². The molecule has 0 aliphatic rings. The smallest absolute Gasteiger partial charge is 0.306 e. The average molecular weight is 714 g/mol. The molecule has 0 saturated heterocycles. The van der Waals surface area contributed by atoms with Gasteiger partial charge in [0.25, 0.3) is 7.82 Å². The summed E-state index contributed by atoms with van der Waals surface area (Å²) in [6, 6.07) is 0. The topological polar surface area (TPSA) is 111 Å². The molecule has 49 heavy (non-hydrogen) atoms. The van der Waals surface area contributed by atoms with Crippen molar-refractivity contribution in [1.29, 1.82) is 0 Å². The maximum Gasteiger partial charge on any atom is 0.306 e. The lowest BCUT2D eigenvalue weighted by molar-refractivity contribution is -0.870. The first-order valence-electron chi connectivity index (χ1n) is 19.2. The Labute approximate surface area is 300 Å². The standard InChI is InChI=1S/C39H72NO8P/c1-6-8-10-12-14-16-18-19-20-21-22-24-26-28-30-32-39(42)48-37(36-47-49(43,44)46-34-33-40(3,4)5)35-45-38(41)31-29-27-25-23-17-15-13-11-9-7-2/h8,10,14,16,19-20,37H,6-7,9,11-13,15,17-18,21-36H2,1-5H3/b10-8+,16-14+,20-19+/t37-/m1/s1. The number of ether oxygens (including phenoxy) is 2. The molecule has 286 valence electrons. The predicted molar refractivity (Wildman–Crippen MR) is 199 cm³/mol. The third-order valence-electron chi connectivity index (χ3n) is 7.92. The number of allylic oxidation sites excluding steroid dienone is 6. The second-order valence-electron chi connectivity index (χ2n) is 13.9. The molecule has 0 N–H and O–H groups in total. The molecule has 0 spiro atoms. The molecule has 0 aromatic carbocycles. The molecule has 9 nitrogen and oxygen atoms in total. The van der Waals surface area contributed by atoms with E-state index in [1.807, 2.05) is 21.1 Å². The Morgan fingerprint density at radius 3 is 1.73 bits per heavy atom. The van der Waals surface area contributed by atoms with Crippen molar-refractivity contribution in [1.82, 2.24) is 0 Å². The van der Waals surface area contributed by atoms with E-state index < -0.39 is 32.5 Å². The summed E-state index contributed by atoms with van der Waals surface area (Å²) < 4.78 is 33.7. The Morgan fingerprint density at radius 1 is 0.653 bits per heavy atom. The summed E-state index contributed by atoms with van der Waals surface area (Å²) in [6.45, 7) is 4.06. The summed E-state index contributed by atoms with van der Waals surface area (Å²) in [4.78, 5) is 37.3. The number of nitrogens with zero attached hydrogens (tertiary/aromatic N) is 1. The normalized spacial score (nSPS) is 14.2. The van der Waals surface area contributed by atoms with E-state index in [2.05, 4.69) is 50.3 Å². The number of phosphoric ester groups is 1. The number of hydrogen-bond donors (Lipinski definition) is 0. The van der Waals surface area contributed by atoms with Crippen molar-refractivity contribution in [3.63, 3.8) is 0 Å². The number of unbranched alkanes of at least 4 members (excludes halogenated alkanes) is 14. The number of hydrogen-bond acceptors (Lipinski definition) is 8. The number of carbonyl (C=O) groups excluding carboxylic acids is 2. The first kappa shape index (κ1) is 47.2. The van der Waals surface area contributed by atoms with Gasteiger partial charge in [0.15, 0.2) is 6.10 Å². The molecule has 0 heterocycles. The third-order valence-corrected chi connectivity index (χ3v) is 8.89. The Hall–Kier alpha value is -1.77. The van der Waals surface area contributed by atoms with E-state index in [1.165, 1.54) is 44.9 Å². The van der Waals surface area contributed by atoms with Crippen LogP contribution in [0.2, 0.25) is 0 Å². The van der Waals surface area contributed by atoms with Crippen LogP contribution in [0.3, 0.4) is 0 Å². The molecule has 1 unspecified atom stereocenters. The van der Waals surface area contributed by atoms with E-state index in [-0.39, 0.29) is 26.1 Å². The van der Waals surface area contributed by atoms with E-state index in [0.29, 0.717) is 17.4 Å². The minimum atomic E-state index is -4.62. The second kappa shape index (κ2) is 32.2. The van der Waals surface area contributed by atoms with Gasteiger partial charge in [-0.3, -0.25) is 14.2 Å². The molecular weight excluding hydrogens is 641 g/mol. The van der Waals surface area contributed by atoms with Crippen LogP contribution in [-0.2, 0) is 32.7 Å². The van der Waals surface area contributed by atoms with Gasteiger partial charge >= 0.3 is 11.9 Å². The molecule has 0 aliphatic heterocycles. The van der Waals surface area contributed by atoms with Crippen molar-refractivity contribution in [2.45, 2.75) is 155 Å². The Morgan fingerprint density at radius 2 is 1.16 bits per heavy atom. The SMILES string of the molecule is CC/C=C/C/C=C/C/C=C/CCCCCCCC(=O)O[C@H](COC(=O)CCCCCCCCCCCC)COP(=O)([O-])OCC[N+](C)(C)C. The van der Waals surface area contributed by atoms with Crippen molar-refractivity contribution >= 4 is 19.8 Å². The average Bonchev–Trinajstić information content (AvgIpc) is 3.04. The molecule has 2 atom stereocenters. The van der Waals surface area contributed by atoms with Gasteiger partial charge in [-0.25, -0.2) is 0 Å². The Kier molecular flexibility index (Phi) is 31.0. The van der Waals surface area contributed by atoms with Crippen LogP contribution in [0.5, 0.6) is 0 Å². The van der Waals surface area contributed by atoms with E-state index in [4.69, 9.17) is 18.5 Å². The highest BCUT2D eigenvalue weighted by Crippen LogP contribution is 2.38. The highest BCUT2D eigenvalue weighted by atomic mass is 31.2. The zero-order chi connectivity index (χ0) is 36.5. The molecule has 0 aliphatic carbocycles. The monoisotopic (exact) mass is 713 g/mol. The van der Waals surface area contributed by atoms with Gasteiger partial charge in [-0.2, -0.15) is 0 Å². The van der Waals surface area contributed by atoms with Crippen LogP contribution in [0.1, 0.15) is 149 Å².